The van der Waals surface area contributed by atoms with Gasteiger partial charge in [0, 0.05) is 32.3 Å². The average molecular weight is 228 g/mol. The minimum absolute atomic E-state index is 0.110. The Hall–Kier alpha value is -0.610. The molecule has 0 aliphatic carbocycles. The molecule has 1 heterocycles. The van der Waals surface area contributed by atoms with Crippen LogP contribution in [-0.2, 0) is 9.53 Å². The monoisotopic (exact) mass is 228 g/mol. The van der Waals surface area contributed by atoms with Gasteiger partial charge >= 0.3 is 0 Å². The molecule has 3 unspecified atom stereocenters. The van der Waals surface area contributed by atoms with Gasteiger partial charge < -0.3 is 15.0 Å². The van der Waals surface area contributed by atoms with Crippen molar-refractivity contribution in [2.45, 2.75) is 51.8 Å². The van der Waals surface area contributed by atoms with E-state index in [0.29, 0.717) is 12.5 Å². The number of hydrogen-bond donors (Lipinski definition) is 1. The molecule has 3 atom stereocenters. The van der Waals surface area contributed by atoms with Gasteiger partial charge in [0.1, 0.15) is 5.60 Å². The van der Waals surface area contributed by atoms with Crippen LogP contribution in [0.15, 0.2) is 0 Å². The molecular formula is C12H24N2O2. The van der Waals surface area contributed by atoms with Gasteiger partial charge in [-0.1, -0.05) is 6.92 Å². The van der Waals surface area contributed by atoms with Crippen molar-refractivity contribution in [3.63, 3.8) is 0 Å². The second-order valence-corrected chi connectivity index (χ2v) is 4.90. The van der Waals surface area contributed by atoms with E-state index in [1.54, 1.807) is 7.11 Å². The minimum atomic E-state index is -0.675. The molecule has 0 saturated carbocycles. The third-order valence-corrected chi connectivity index (χ3v) is 3.60. The highest BCUT2D eigenvalue weighted by molar-refractivity contribution is 5.85. The van der Waals surface area contributed by atoms with Gasteiger partial charge in [0.25, 0.3) is 5.91 Å². The zero-order valence-corrected chi connectivity index (χ0v) is 11.0. The second-order valence-electron chi connectivity index (χ2n) is 4.90. The normalized spacial score (nSPS) is 29.9. The van der Waals surface area contributed by atoms with E-state index in [1.165, 1.54) is 0 Å². The minimum Gasteiger partial charge on any atom is -0.369 e. The summed E-state index contributed by atoms with van der Waals surface area (Å²) in [6, 6.07) is 0.600. The Morgan fingerprint density at radius 2 is 2.19 bits per heavy atom. The molecule has 0 spiro atoms. The van der Waals surface area contributed by atoms with Crippen molar-refractivity contribution in [2.75, 3.05) is 20.2 Å². The lowest BCUT2D eigenvalue weighted by Crippen LogP contribution is -2.60. The molecule has 1 aliphatic rings. The van der Waals surface area contributed by atoms with E-state index in [0.717, 1.165) is 13.1 Å². The van der Waals surface area contributed by atoms with Crippen LogP contribution < -0.4 is 5.32 Å². The molecule has 0 bridgehead atoms. The van der Waals surface area contributed by atoms with E-state index in [1.807, 2.05) is 18.7 Å². The van der Waals surface area contributed by atoms with Crippen molar-refractivity contribution < 1.29 is 9.53 Å². The predicted octanol–water partition coefficient (Wildman–Crippen LogP) is 1.01. The first kappa shape index (κ1) is 13.5. The van der Waals surface area contributed by atoms with Gasteiger partial charge in [-0.15, -0.1) is 0 Å². The van der Waals surface area contributed by atoms with Gasteiger partial charge in [0.2, 0.25) is 0 Å². The van der Waals surface area contributed by atoms with Crippen molar-refractivity contribution in [3.8, 4) is 0 Å². The zero-order chi connectivity index (χ0) is 12.3. The Kier molecular flexibility index (Phi) is 4.33. The molecule has 1 amide bonds. The Balaban J connectivity index is 2.78. The third kappa shape index (κ3) is 2.55. The molecular weight excluding hydrogens is 204 g/mol. The number of hydrogen-bond acceptors (Lipinski definition) is 3. The fourth-order valence-corrected chi connectivity index (χ4v) is 1.99. The van der Waals surface area contributed by atoms with E-state index >= 15 is 0 Å². The molecule has 4 nitrogen and oxygen atoms in total. The Morgan fingerprint density at radius 3 is 2.69 bits per heavy atom. The maximum atomic E-state index is 12.4. The van der Waals surface area contributed by atoms with Gasteiger partial charge in [0.05, 0.1) is 0 Å². The second kappa shape index (κ2) is 5.15. The molecule has 1 aliphatic heterocycles. The fraction of sp³-hybridized carbons (Fsp3) is 0.917. The number of amides is 1. The predicted molar refractivity (Wildman–Crippen MR) is 64.3 cm³/mol. The summed E-state index contributed by atoms with van der Waals surface area (Å²) in [5, 5.41) is 3.37. The lowest BCUT2D eigenvalue weighted by molar-refractivity contribution is -0.157. The average Bonchev–Trinajstić information content (AvgIpc) is 2.30. The highest BCUT2D eigenvalue weighted by Gasteiger charge is 2.38. The first-order valence-electron chi connectivity index (χ1n) is 6.04. The lowest BCUT2D eigenvalue weighted by Gasteiger charge is -2.41. The number of nitrogens with one attached hydrogen (secondary N) is 1. The van der Waals surface area contributed by atoms with Crippen molar-refractivity contribution in [1.82, 2.24) is 10.2 Å². The van der Waals surface area contributed by atoms with Crippen LogP contribution in [0.3, 0.4) is 0 Å². The van der Waals surface area contributed by atoms with Gasteiger partial charge in [-0.05, 0) is 27.2 Å². The quantitative estimate of drug-likeness (QED) is 0.784. The molecule has 94 valence electrons. The van der Waals surface area contributed by atoms with E-state index in [-0.39, 0.29) is 11.9 Å². The summed E-state index contributed by atoms with van der Waals surface area (Å²) in [7, 11) is 1.61. The lowest BCUT2D eigenvalue weighted by atomic mass is 9.99. The van der Waals surface area contributed by atoms with Gasteiger partial charge in [-0.2, -0.15) is 0 Å². The number of ether oxygens (including phenoxy) is 1. The van der Waals surface area contributed by atoms with Crippen LogP contribution in [0.4, 0.5) is 0 Å². The largest absolute Gasteiger partial charge is 0.369 e. The van der Waals surface area contributed by atoms with Crippen LogP contribution in [0.5, 0.6) is 0 Å². The summed E-state index contributed by atoms with van der Waals surface area (Å²) in [5.74, 6) is 0.110. The highest BCUT2D eigenvalue weighted by atomic mass is 16.5. The summed E-state index contributed by atoms with van der Waals surface area (Å²) >= 11 is 0. The number of carbonyl (C=O) groups excluding carboxylic acids is 1. The number of carbonyl (C=O) groups is 1. The van der Waals surface area contributed by atoms with E-state index in [9.17, 15) is 4.79 Å². The molecule has 0 radical (unpaired) electrons. The van der Waals surface area contributed by atoms with Gasteiger partial charge in [0.15, 0.2) is 0 Å². The summed E-state index contributed by atoms with van der Waals surface area (Å²) < 4.78 is 5.37. The summed E-state index contributed by atoms with van der Waals surface area (Å²) in [4.78, 5) is 14.3. The summed E-state index contributed by atoms with van der Waals surface area (Å²) in [5.41, 5.74) is -0.675. The first-order valence-corrected chi connectivity index (χ1v) is 6.04. The Labute approximate surface area is 98.3 Å². The zero-order valence-electron chi connectivity index (χ0n) is 11.0. The first-order chi connectivity index (χ1) is 7.44. The van der Waals surface area contributed by atoms with Crippen molar-refractivity contribution in [2.24, 2.45) is 0 Å². The highest BCUT2D eigenvalue weighted by Crippen LogP contribution is 2.20. The molecule has 4 heteroatoms. The maximum Gasteiger partial charge on any atom is 0.254 e. The van der Waals surface area contributed by atoms with Crippen molar-refractivity contribution >= 4 is 5.91 Å². The summed E-state index contributed by atoms with van der Waals surface area (Å²) in [6.07, 6.45) is 0.702. The van der Waals surface area contributed by atoms with Gasteiger partial charge in [-0.3, -0.25) is 4.79 Å². The van der Waals surface area contributed by atoms with Crippen molar-refractivity contribution in [1.29, 1.82) is 0 Å². The maximum absolute atomic E-state index is 12.4. The van der Waals surface area contributed by atoms with Crippen LogP contribution >= 0.6 is 0 Å². The number of nitrogens with zero attached hydrogens (tertiary/aromatic N) is 1. The topological polar surface area (TPSA) is 41.6 Å². The van der Waals surface area contributed by atoms with Crippen LogP contribution in [0, 0.1) is 0 Å². The van der Waals surface area contributed by atoms with E-state index < -0.39 is 5.60 Å². The standard InChI is InChI=1S/C12H24N2O2/c1-6-12(4,16-5)11(15)14-8-9(2)13-7-10(14)3/h9-10,13H,6-8H2,1-5H3. The Morgan fingerprint density at radius 1 is 1.56 bits per heavy atom. The van der Waals surface area contributed by atoms with Crippen molar-refractivity contribution in [3.05, 3.63) is 0 Å². The smallest absolute Gasteiger partial charge is 0.254 e. The Bertz CT molecular complexity index is 251. The molecule has 1 N–H and O–H groups in total. The fourth-order valence-electron chi connectivity index (χ4n) is 1.99. The molecule has 0 aromatic heterocycles. The molecule has 16 heavy (non-hydrogen) atoms. The van der Waals surface area contributed by atoms with Gasteiger partial charge in [-0.25, -0.2) is 0 Å². The number of rotatable bonds is 3. The third-order valence-electron chi connectivity index (χ3n) is 3.60. The van der Waals surface area contributed by atoms with Crippen LogP contribution in [0.25, 0.3) is 0 Å². The van der Waals surface area contributed by atoms with E-state index in [2.05, 4.69) is 19.2 Å². The molecule has 0 aromatic carbocycles. The SMILES string of the molecule is CCC(C)(OC)C(=O)N1CC(C)NCC1C. The number of piperazine rings is 1. The van der Waals surface area contributed by atoms with E-state index in [4.69, 9.17) is 4.74 Å². The number of methoxy groups -OCH3 is 1. The van der Waals surface area contributed by atoms with Crippen LogP contribution in [-0.4, -0.2) is 48.7 Å². The van der Waals surface area contributed by atoms with Crippen LogP contribution in [0.2, 0.25) is 0 Å². The molecule has 1 rings (SSSR count). The molecule has 0 aromatic rings. The molecule has 1 saturated heterocycles. The van der Waals surface area contributed by atoms with Crippen LogP contribution in [0.1, 0.15) is 34.1 Å². The molecule has 1 fully saturated rings. The summed E-state index contributed by atoms with van der Waals surface area (Å²) in [6.45, 7) is 9.65.